The van der Waals surface area contributed by atoms with E-state index < -0.39 is 0 Å². The molecule has 1 heterocycles. The van der Waals surface area contributed by atoms with E-state index in [2.05, 4.69) is 52.2 Å². The molecule has 1 amide bonds. The number of hydrogen-bond acceptors (Lipinski definition) is 2. The highest BCUT2D eigenvalue weighted by Gasteiger charge is 2.46. The number of carbonyl (C=O) groups excluding carboxylic acids is 1. The van der Waals surface area contributed by atoms with Gasteiger partial charge in [-0.05, 0) is 49.0 Å². The van der Waals surface area contributed by atoms with Crippen LogP contribution in [0.1, 0.15) is 67.2 Å². The van der Waals surface area contributed by atoms with Crippen LogP contribution in [-0.4, -0.2) is 25.0 Å². The van der Waals surface area contributed by atoms with Gasteiger partial charge in [-0.1, -0.05) is 41.5 Å². The summed E-state index contributed by atoms with van der Waals surface area (Å²) in [5, 5.41) is 6.80. The zero-order valence-electron chi connectivity index (χ0n) is 14.8. The average Bonchev–Trinajstić information content (AvgIpc) is 2.73. The number of carbonyl (C=O) groups is 1. The highest BCUT2D eigenvalue weighted by molar-refractivity contribution is 5.84. The number of rotatable bonds is 3. The maximum atomic E-state index is 12.9. The molecule has 122 valence electrons. The summed E-state index contributed by atoms with van der Waals surface area (Å²) in [5.41, 5.74) is 0.433. The van der Waals surface area contributed by atoms with Crippen LogP contribution in [0.25, 0.3) is 0 Å². The maximum Gasteiger partial charge on any atom is 0.228 e. The van der Waals surface area contributed by atoms with Gasteiger partial charge in [0.2, 0.25) is 5.91 Å². The van der Waals surface area contributed by atoms with Gasteiger partial charge in [-0.25, -0.2) is 0 Å². The third-order valence-electron chi connectivity index (χ3n) is 5.64. The van der Waals surface area contributed by atoms with Gasteiger partial charge in [-0.2, -0.15) is 0 Å². The van der Waals surface area contributed by atoms with Crippen molar-refractivity contribution in [3.05, 3.63) is 0 Å². The fraction of sp³-hybridized carbons (Fsp3) is 0.944. The second-order valence-corrected chi connectivity index (χ2v) is 9.32. The van der Waals surface area contributed by atoms with E-state index in [1.807, 2.05) is 0 Å². The van der Waals surface area contributed by atoms with E-state index in [1.165, 1.54) is 6.42 Å². The molecular weight excluding hydrogens is 260 g/mol. The molecule has 1 unspecified atom stereocenters. The summed E-state index contributed by atoms with van der Waals surface area (Å²) in [7, 11) is 0. The van der Waals surface area contributed by atoms with Gasteiger partial charge in [0, 0.05) is 12.6 Å². The Kier molecular flexibility index (Phi) is 4.45. The zero-order valence-corrected chi connectivity index (χ0v) is 14.8. The van der Waals surface area contributed by atoms with Gasteiger partial charge in [0.25, 0.3) is 0 Å². The Balaban J connectivity index is 2.08. The van der Waals surface area contributed by atoms with Crippen molar-refractivity contribution >= 4 is 5.91 Å². The molecule has 0 radical (unpaired) electrons. The van der Waals surface area contributed by atoms with Gasteiger partial charge in [-0.3, -0.25) is 4.79 Å². The fourth-order valence-electron chi connectivity index (χ4n) is 4.94. The van der Waals surface area contributed by atoms with Gasteiger partial charge in [0.05, 0.1) is 5.41 Å². The molecule has 21 heavy (non-hydrogen) atoms. The first-order valence-corrected chi connectivity index (χ1v) is 8.58. The molecule has 0 bridgehead atoms. The number of hydrogen-bond donors (Lipinski definition) is 2. The van der Waals surface area contributed by atoms with E-state index in [0.717, 1.165) is 32.4 Å². The molecule has 1 saturated heterocycles. The number of amides is 1. The Morgan fingerprint density at radius 3 is 2.14 bits per heavy atom. The summed E-state index contributed by atoms with van der Waals surface area (Å²) < 4.78 is 0. The molecule has 2 rings (SSSR count). The van der Waals surface area contributed by atoms with Crippen LogP contribution in [0.4, 0.5) is 0 Å². The van der Waals surface area contributed by atoms with Crippen LogP contribution in [-0.2, 0) is 4.79 Å². The topological polar surface area (TPSA) is 41.1 Å². The molecule has 1 saturated carbocycles. The molecule has 3 nitrogen and oxygen atoms in total. The number of nitrogens with one attached hydrogen (secondary N) is 2. The van der Waals surface area contributed by atoms with Crippen LogP contribution in [0.3, 0.4) is 0 Å². The van der Waals surface area contributed by atoms with Crippen molar-refractivity contribution in [2.75, 3.05) is 13.1 Å². The van der Waals surface area contributed by atoms with E-state index in [0.29, 0.717) is 22.8 Å². The minimum absolute atomic E-state index is 0.203. The lowest BCUT2D eigenvalue weighted by Crippen LogP contribution is -2.53. The molecule has 2 aliphatic rings. The Morgan fingerprint density at radius 2 is 1.71 bits per heavy atom. The van der Waals surface area contributed by atoms with Crippen LogP contribution >= 0.6 is 0 Å². The van der Waals surface area contributed by atoms with Crippen molar-refractivity contribution in [2.24, 2.45) is 22.2 Å². The summed E-state index contributed by atoms with van der Waals surface area (Å²) in [6.45, 7) is 15.5. The van der Waals surface area contributed by atoms with E-state index in [4.69, 9.17) is 0 Å². The van der Waals surface area contributed by atoms with Crippen molar-refractivity contribution in [3.63, 3.8) is 0 Å². The first-order chi connectivity index (χ1) is 9.56. The monoisotopic (exact) mass is 294 g/mol. The molecule has 0 aromatic rings. The average molecular weight is 294 g/mol. The minimum atomic E-state index is -0.203. The second-order valence-electron chi connectivity index (χ2n) is 9.32. The zero-order chi connectivity index (χ0) is 15.9. The summed E-state index contributed by atoms with van der Waals surface area (Å²) >= 11 is 0. The SMILES string of the molecule is CC(C)C1(C(=O)NC2CC(C)(C)CC(C)(C)C2)CCNC1. The molecule has 3 heteroatoms. The lowest BCUT2D eigenvalue weighted by atomic mass is 9.63. The lowest BCUT2D eigenvalue weighted by Gasteiger charge is -2.46. The highest BCUT2D eigenvalue weighted by atomic mass is 16.2. The third-order valence-corrected chi connectivity index (χ3v) is 5.64. The van der Waals surface area contributed by atoms with E-state index in [9.17, 15) is 4.79 Å². The molecule has 1 aliphatic heterocycles. The Labute approximate surface area is 130 Å². The van der Waals surface area contributed by atoms with Crippen molar-refractivity contribution in [1.29, 1.82) is 0 Å². The van der Waals surface area contributed by atoms with Crippen molar-refractivity contribution in [2.45, 2.75) is 73.3 Å². The second kappa shape index (κ2) is 5.57. The minimum Gasteiger partial charge on any atom is -0.353 e. The summed E-state index contributed by atoms with van der Waals surface area (Å²) in [6, 6.07) is 0.326. The van der Waals surface area contributed by atoms with Crippen LogP contribution in [0.15, 0.2) is 0 Å². The predicted octanol–water partition coefficient (Wildman–Crippen LogP) is 3.34. The van der Waals surface area contributed by atoms with E-state index >= 15 is 0 Å². The molecule has 2 fully saturated rings. The molecular formula is C18H34N2O. The Morgan fingerprint density at radius 1 is 1.14 bits per heavy atom. The largest absolute Gasteiger partial charge is 0.353 e. The molecule has 2 N–H and O–H groups in total. The van der Waals surface area contributed by atoms with Gasteiger partial charge in [0.1, 0.15) is 0 Å². The van der Waals surface area contributed by atoms with Crippen molar-refractivity contribution in [3.8, 4) is 0 Å². The highest BCUT2D eigenvalue weighted by Crippen LogP contribution is 2.46. The predicted molar refractivity (Wildman–Crippen MR) is 88.1 cm³/mol. The van der Waals surface area contributed by atoms with Gasteiger partial charge >= 0.3 is 0 Å². The summed E-state index contributed by atoms with van der Waals surface area (Å²) in [5.74, 6) is 0.665. The molecule has 1 aliphatic carbocycles. The first-order valence-electron chi connectivity index (χ1n) is 8.58. The van der Waals surface area contributed by atoms with Gasteiger partial charge < -0.3 is 10.6 Å². The normalized spacial score (nSPS) is 32.3. The van der Waals surface area contributed by atoms with Crippen LogP contribution in [0, 0.1) is 22.2 Å². The van der Waals surface area contributed by atoms with E-state index in [-0.39, 0.29) is 11.3 Å². The Bertz CT molecular complexity index is 376. The van der Waals surface area contributed by atoms with Crippen LogP contribution in [0.5, 0.6) is 0 Å². The van der Waals surface area contributed by atoms with Crippen LogP contribution < -0.4 is 10.6 Å². The first kappa shape index (κ1) is 16.8. The van der Waals surface area contributed by atoms with Crippen molar-refractivity contribution < 1.29 is 4.79 Å². The molecule has 0 spiro atoms. The Hall–Kier alpha value is -0.570. The smallest absolute Gasteiger partial charge is 0.228 e. The maximum absolute atomic E-state index is 12.9. The lowest BCUT2D eigenvalue weighted by molar-refractivity contribution is -0.134. The molecule has 0 aromatic heterocycles. The third kappa shape index (κ3) is 3.61. The van der Waals surface area contributed by atoms with Crippen LogP contribution in [0.2, 0.25) is 0 Å². The van der Waals surface area contributed by atoms with Gasteiger partial charge in [-0.15, -0.1) is 0 Å². The summed E-state index contributed by atoms with van der Waals surface area (Å²) in [6.07, 6.45) is 4.41. The molecule has 0 aromatic carbocycles. The standard InChI is InChI=1S/C18H34N2O/c1-13(2)18(7-8-19-12-18)15(21)20-14-9-16(3,4)11-17(5,6)10-14/h13-14,19H,7-12H2,1-6H3,(H,20,21). The molecule has 1 atom stereocenters. The quantitative estimate of drug-likeness (QED) is 0.838. The van der Waals surface area contributed by atoms with Gasteiger partial charge in [0.15, 0.2) is 0 Å². The fourth-order valence-corrected chi connectivity index (χ4v) is 4.94. The van der Waals surface area contributed by atoms with E-state index in [1.54, 1.807) is 0 Å². The summed E-state index contributed by atoms with van der Waals surface area (Å²) in [4.78, 5) is 12.9. The van der Waals surface area contributed by atoms with Crippen molar-refractivity contribution in [1.82, 2.24) is 10.6 Å².